The molecular formula is C22H17Cl2N3O2S2. The second-order valence-corrected chi connectivity index (χ2v) is 10.2. The van der Waals surface area contributed by atoms with Gasteiger partial charge in [0.05, 0.1) is 16.3 Å². The number of benzene rings is 2. The van der Waals surface area contributed by atoms with E-state index in [-0.39, 0.29) is 17.3 Å². The van der Waals surface area contributed by atoms with Crippen molar-refractivity contribution in [2.24, 2.45) is 0 Å². The van der Waals surface area contributed by atoms with E-state index in [1.54, 1.807) is 24.3 Å². The highest BCUT2D eigenvalue weighted by molar-refractivity contribution is 8.00. The molecule has 2 N–H and O–H groups in total. The number of amides is 1. The summed E-state index contributed by atoms with van der Waals surface area (Å²) in [6.07, 6.45) is 1.51. The number of thiophene rings is 1. The van der Waals surface area contributed by atoms with Crippen LogP contribution in [0.4, 0.5) is 5.69 Å². The van der Waals surface area contributed by atoms with E-state index in [1.165, 1.54) is 30.2 Å². The molecule has 4 aromatic rings. The lowest BCUT2D eigenvalue weighted by atomic mass is 10.0. The summed E-state index contributed by atoms with van der Waals surface area (Å²) in [5.41, 5.74) is 2.33. The predicted molar refractivity (Wildman–Crippen MR) is 130 cm³/mol. The molecule has 1 unspecified atom stereocenters. The summed E-state index contributed by atoms with van der Waals surface area (Å²) in [4.78, 5) is 23.6. The van der Waals surface area contributed by atoms with Crippen LogP contribution in [0.25, 0.3) is 21.3 Å². The first-order valence-corrected chi connectivity index (χ1v) is 11.7. The molecule has 0 radical (unpaired) electrons. The number of aromatic nitrogens is 2. The summed E-state index contributed by atoms with van der Waals surface area (Å²) in [5.74, 6) is -0.313. The van der Waals surface area contributed by atoms with Gasteiger partial charge in [-0.25, -0.2) is 9.97 Å². The second kappa shape index (κ2) is 9.04. The van der Waals surface area contributed by atoms with Crippen molar-refractivity contribution in [1.82, 2.24) is 9.97 Å². The lowest BCUT2D eigenvalue weighted by molar-refractivity contribution is -0.115. The number of rotatable bonds is 5. The van der Waals surface area contributed by atoms with Crippen LogP contribution in [0.1, 0.15) is 11.8 Å². The number of aromatic hydroxyl groups is 1. The number of nitrogens with one attached hydrogen (secondary N) is 1. The lowest BCUT2D eigenvalue weighted by Gasteiger charge is -2.14. The molecule has 0 spiro atoms. The quantitative estimate of drug-likeness (QED) is 0.183. The molecule has 0 aliphatic carbocycles. The minimum Gasteiger partial charge on any atom is -0.506 e. The molecule has 0 saturated heterocycles. The summed E-state index contributed by atoms with van der Waals surface area (Å²) in [5, 5.41) is 15.0. The van der Waals surface area contributed by atoms with Gasteiger partial charge in [-0.3, -0.25) is 4.79 Å². The van der Waals surface area contributed by atoms with Gasteiger partial charge in [0.2, 0.25) is 5.91 Å². The van der Waals surface area contributed by atoms with Gasteiger partial charge < -0.3 is 10.4 Å². The highest BCUT2D eigenvalue weighted by Crippen LogP contribution is 2.42. The van der Waals surface area contributed by atoms with Crippen molar-refractivity contribution in [3.05, 3.63) is 63.7 Å². The number of carbonyl (C=O) groups excluding carboxylic acids is 1. The number of hydrogen-bond donors (Lipinski definition) is 2. The Morgan fingerprint density at radius 3 is 2.58 bits per heavy atom. The normalized spacial score (nSPS) is 12.1. The van der Waals surface area contributed by atoms with E-state index >= 15 is 0 Å². The Hall–Kier alpha value is -2.32. The van der Waals surface area contributed by atoms with E-state index in [4.69, 9.17) is 23.2 Å². The fourth-order valence-corrected chi connectivity index (χ4v) is 5.44. The van der Waals surface area contributed by atoms with Crippen molar-refractivity contribution >= 4 is 68.1 Å². The van der Waals surface area contributed by atoms with Crippen LogP contribution in [0.2, 0.25) is 10.0 Å². The third-order valence-electron chi connectivity index (χ3n) is 4.64. The molecule has 0 bridgehead atoms. The van der Waals surface area contributed by atoms with Crippen molar-refractivity contribution in [3.63, 3.8) is 0 Å². The summed E-state index contributed by atoms with van der Waals surface area (Å²) < 4.78 is 0. The van der Waals surface area contributed by atoms with Crippen LogP contribution in [0.5, 0.6) is 5.75 Å². The fraction of sp³-hybridized carbons (Fsp3) is 0.136. The number of carbonyl (C=O) groups is 1. The molecule has 1 amide bonds. The molecule has 9 heteroatoms. The van der Waals surface area contributed by atoms with E-state index in [0.717, 1.165) is 31.2 Å². The average molecular weight is 490 g/mol. The van der Waals surface area contributed by atoms with Crippen LogP contribution in [0.3, 0.4) is 0 Å². The number of anilines is 1. The molecule has 4 rings (SSSR count). The molecule has 2 aromatic carbocycles. The van der Waals surface area contributed by atoms with Gasteiger partial charge in [-0.1, -0.05) is 47.1 Å². The van der Waals surface area contributed by atoms with Crippen molar-refractivity contribution in [3.8, 4) is 16.9 Å². The summed E-state index contributed by atoms with van der Waals surface area (Å²) in [7, 11) is 0. The third kappa shape index (κ3) is 4.65. The number of hydrogen-bond acceptors (Lipinski definition) is 6. The first kappa shape index (κ1) is 21.9. The Bertz CT molecular complexity index is 1280. The molecule has 0 aliphatic heterocycles. The maximum absolute atomic E-state index is 12.8. The average Bonchev–Trinajstić information content (AvgIpc) is 3.08. The number of fused-ring (bicyclic) bond motifs is 1. The van der Waals surface area contributed by atoms with Gasteiger partial charge in [-0.15, -0.1) is 11.3 Å². The lowest BCUT2D eigenvalue weighted by Crippen LogP contribution is -2.22. The highest BCUT2D eigenvalue weighted by atomic mass is 35.5. The molecule has 158 valence electrons. The maximum Gasteiger partial charge on any atom is 0.237 e. The zero-order valence-corrected chi connectivity index (χ0v) is 19.7. The van der Waals surface area contributed by atoms with Crippen LogP contribution in [0, 0.1) is 6.92 Å². The van der Waals surface area contributed by atoms with Crippen molar-refractivity contribution in [2.75, 3.05) is 5.32 Å². The first-order valence-electron chi connectivity index (χ1n) is 9.29. The van der Waals surface area contributed by atoms with Crippen molar-refractivity contribution in [2.45, 2.75) is 24.1 Å². The van der Waals surface area contributed by atoms with Crippen LogP contribution >= 0.6 is 46.3 Å². The molecular weight excluding hydrogens is 473 g/mol. The number of phenolic OH excluding ortho intramolecular Hbond substituents is 1. The Morgan fingerprint density at radius 2 is 1.84 bits per heavy atom. The molecule has 1 atom stereocenters. The highest BCUT2D eigenvalue weighted by Gasteiger charge is 2.22. The molecule has 2 aromatic heterocycles. The number of phenols is 1. The molecule has 31 heavy (non-hydrogen) atoms. The van der Waals surface area contributed by atoms with Crippen LogP contribution < -0.4 is 5.32 Å². The summed E-state index contributed by atoms with van der Waals surface area (Å²) in [6, 6.07) is 12.1. The standard InChI is InChI=1S/C22H17Cl2N3O2S2/c1-11-18(13-3-5-14(23)6-4-13)19-21(30-11)25-10-26-22(19)31-12(2)20(29)27-16-9-15(24)7-8-17(16)28/h3-10,12,28H,1-2H3,(H,27,29). The maximum atomic E-state index is 12.8. The largest absolute Gasteiger partial charge is 0.506 e. The van der Waals surface area contributed by atoms with Gasteiger partial charge >= 0.3 is 0 Å². The molecule has 5 nitrogen and oxygen atoms in total. The van der Waals surface area contributed by atoms with Gasteiger partial charge in [-0.2, -0.15) is 0 Å². The van der Waals surface area contributed by atoms with Crippen LogP contribution in [-0.2, 0) is 4.79 Å². The fourth-order valence-electron chi connectivity index (χ4n) is 3.13. The molecule has 2 heterocycles. The Morgan fingerprint density at radius 1 is 1.13 bits per heavy atom. The summed E-state index contributed by atoms with van der Waals surface area (Å²) >= 11 is 15.0. The Labute approximate surface area is 197 Å². The van der Waals surface area contributed by atoms with E-state index in [2.05, 4.69) is 15.3 Å². The topological polar surface area (TPSA) is 75.1 Å². The van der Waals surface area contributed by atoms with Crippen LogP contribution in [0.15, 0.2) is 53.8 Å². The van der Waals surface area contributed by atoms with E-state index in [0.29, 0.717) is 10.0 Å². The van der Waals surface area contributed by atoms with E-state index < -0.39 is 5.25 Å². The number of aryl methyl sites for hydroxylation is 1. The van der Waals surface area contributed by atoms with E-state index in [1.807, 2.05) is 31.2 Å². The zero-order chi connectivity index (χ0) is 22.1. The van der Waals surface area contributed by atoms with Gasteiger partial charge in [0, 0.05) is 20.5 Å². The van der Waals surface area contributed by atoms with Crippen molar-refractivity contribution < 1.29 is 9.90 Å². The van der Waals surface area contributed by atoms with Gasteiger partial charge in [0.25, 0.3) is 0 Å². The number of thioether (sulfide) groups is 1. The second-order valence-electron chi connectivity index (χ2n) is 6.81. The predicted octanol–water partition coefficient (Wildman–Crippen LogP) is 6.80. The monoisotopic (exact) mass is 489 g/mol. The van der Waals surface area contributed by atoms with Gasteiger partial charge in [0.15, 0.2) is 0 Å². The molecule has 0 aliphatic rings. The minimum absolute atomic E-state index is 0.0436. The SMILES string of the molecule is Cc1sc2ncnc(SC(C)C(=O)Nc3cc(Cl)ccc3O)c2c1-c1ccc(Cl)cc1. The number of halogens is 2. The minimum atomic E-state index is -0.477. The number of nitrogens with zero attached hydrogens (tertiary/aromatic N) is 2. The third-order valence-corrected chi connectivity index (χ3v) is 7.24. The smallest absolute Gasteiger partial charge is 0.237 e. The molecule has 0 saturated carbocycles. The zero-order valence-electron chi connectivity index (χ0n) is 16.5. The van der Waals surface area contributed by atoms with Gasteiger partial charge in [-0.05, 0) is 49.7 Å². The Balaban J connectivity index is 1.66. The summed E-state index contributed by atoms with van der Waals surface area (Å²) in [6.45, 7) is 3.83. The van der Waals surface area contributed by atoms with E-state index in [9.17, 15) is 9.90 Å². The molecule has 0 fully saturated rings. The van der Waals surface area contributed by atoms with Gasteiger partial charge in [0.1, 0.15) is 21.9 Å². The first-order chi connectivity index (χ1) is 14.8. The van der Waals surface area contributed by atoms with Crippen molar-refractivity contribution in [1.29, 1.82) is 0 Å². The Kier molecular flexibility index (Phi) is 6.39. The van der Waals surface area contributed by atoms with Crippen LogP contribution in [-0.4, -0.2) is 26.2 Å².